The van der Waals surface area contributed by atoms with Crippen LogP contribution in [-0.4, -0.2) is 62.0 Å². The maximum atomic E-state index is 12.3. The quantitative estimate of drug-likeness (QED) is 0.118. The molecule has 1 rings (SSSR count). The molecule has 39 heavy (non-hydrogen) atoms. The first-order chi connectivity index (χ1) is 18.5. The maximum absolute atomic E-state index is 12.3. The molecule has 12 nitrogen and oxygen atoms in total. The van der Waals surface area contributed by atoms with Crippen LogP contribution < -0.4 is 15.2 Å². The van der Waals surface area contributed by atoms with Crippen LogP contribution in [0.5, 0.6) is 11.5 Å². The van der Waals surface area contributed by atoms with Crippen molar-refractivity contribution in [2.45, 2.75) is 72.3 Å². The normalized spacial score (nSPS) is 13.1. The lowest BCUT2D eigenvalue weighted by atomic mass is 9.82. The van der Waals surface area contributed by atoms with Crippen LogP contribution in [0.2, 0.25) is 0 Å². The SMILES string of the molecule is CCCCOC(=O)Oc1ccc(C(C(C)COC(=O)OCC(C)C)[C@H](N)C(=O)O)cc1OC(=O)OCCCC. The van der Waals surface area contributed by atoms with Crippen molar-refractivity contribution in [2.24, 2.45) is 17.6 Å². The maximum Gasteiger partial charge on any atom is 0.513 e. The standard InChI is InChI=1S/C27H41NO11/c1-6-8-12-34-26(32)38-20-11-10-19(14-21(20)39-27(33)35-13-9-7-2)22(23(28)24(29)30)18(5)16-37-25(31)36-15-17(3)4/h10-11,14,17-18,22-23H,6-9,12-13,15-16,28H2,1-5H3,(H,29,30)/t18?,22?,23-/m0/s1. The number of carbonyl (C=O) groups is 4. The van der Waals surface area contributed by atoms with E-state index in [1.807, 2.05) is 27.7 Å². The van der Waals surface area contributed by atoms with Gasteiger partial charge in [-0.3, -0.25) is 4.79 Å². The monoisotopic (exact) mass is 555 g/mol. The fraction of sp³-hybridized carbons (Fsp3) is 0.630. The first-order valence-corrected chi connectivity index (χ1v) is 13.1. The molecule has 0 aliphatic rings. The zero-order valence-corrected chi connectivity index (χ0v) is 23.3. The molecule has 0 fully saturated rings. The molecule has 1 aromatic rings. The van der Waals surface area contributed by atoms with Gasteiger partial charge in [0.15, 0.2) is 11.5 Å². The summed E-state index contributed by atoms with van der Waals surface area (Å²) in [5.41, 5.74) is 6.34. The second-order valence-corrected chi connectivity index (χ2v) is 9.45. The van der Waals surface area contributed by atoms with E-state index < -0.39 is 42.3 Å². The number of nitrogens with two attached hydrogens (primary N) is 1. The number of benzene rings is 1. The number of hydrogen-bond donors (Lipinski definition) is 2. The van der Waals surface area contributed by atoms with Gasteiger partial charge in [-0.05, 0) is 42.4 Å². The van der Waals surface area contributed by atoms with Gasteiger partial charge in [0, 0.05) is 5.92 Å². The molecule has 1 aromatic carbocycles. The van der Waals surface area contributed by atoms with Crippen molar-refractivity contribution in [1.82, 2.24) is 0 Å². The molecule has 0 bridgehead atoms. The molecular weight excluding hydrogens is 514 g/mol. The second-order valence-electron chi connectivity index (χ2n) is 9.45. The summed E-state index contributed by atoms with van der Waals surface area (Å²) in [7, 11) is 0. The van der Waals surface area contributed by atoms with Gasteiger partial charge in [0.25, 0.3) is 0 Å². The molecule has 220 valence electrons. The Morgan fingerprint density at radius 2 is 1.33 bits per heavy atom. The Morgan fingerprint density at radius 1 is 0.795 bits per heavy atom. The Hall–Kier alpha value is -3.54. The molecule has 0 aromatic heterocycles. The number of rotatable bonds is 16. The van der Waals surface area contributed by atoms with Gasteiger partial charge >= 0.3 is 24.4 Å². The highest BCUT2D eigenvalue weighted by Gasteiger charge is 2.33. The molecular formula is C27H41NO11. The van der Waals surface area contributed by atoms with Crippen molar-refractivity contribution in [3.8, 4) is 11.5 Å². The van der Waals surface area contributed by atoms with E-state index >= 15 is 0 Å². The largest absolute Gasteiger partial charge is 0.513 e. The summed E-state index contributed by atoms with van der Waals surface area (Å²) in [5, 5.41) is 9.65. The molecule has 0 amide bonds. The number of carboxylic acids is 1. The van der Waals surface area contributed by atoms with Gasteiger partial charge in [-0.2, -0.15) is 0 Å². The molecule has 2 unspecified atom stereocenters. The number of carboxylic acid groups (broad SMARTS) is 1. The van der Waals surface area contributed by atoms with Crippen LogP contribution >= 0.6 is 0 Å². The van der Waals surface area contributed by atoms with E-state index in [1.54, 1.807) is 6.92 Å². The Labute approximate surface area is 229 Å². The van der Waals surface area contributed by atoms with Gasteiger partial charge in [-0.15, -0.1) is 0 Å². The first kappa shape index (κ1) is 33.5. The molecule has 12 heteroatoms. The van der Waals surface area contributed by atoms with E-state index in [2.05, 4.69) is 0 Å². The van der Waals surface area contributed by atoms with Gasteiger partial charge in [0.05, 0.1) is 26.4 Å². The predicted octanol–water partition coefficient (Wildman–Crippen LogP) is 5.26. The van der Waals surface area contributed by atoms with Gasteiger partial charge < -0.3 is 39.3 Å². The molecule has 0 saturated carbocycles. The minimum Gasteiger partial charge on any atom is -0.480 e. The molecule has 0 spiro atoms. The minimum atomic E-state index is -1.41. The third-order valence-electron chi connectivity index (χ3n) is 5.46. The fourth-order valence-corrected chi connectivity index (χ4v) is 3.36. The summed E-state index contributed by atoms with van der Waals surface area (Å²) < 4.78 is 30.7. The van der Waals surface area contributed by atoms with Gasteiger partial charge in [0.2, 0.25) is 0 Å². The molecule has 0 radical (unpaired) electrons. The Balaban J connectivity index is 3.24. The predicted molar refractivity (Wildman–Crippen MR) is 140 cm³/mol. The van der Waals surface area contributed by atoms with E-state index in [0.29, 0.717) is 18.4 Å². The lowest BCUT2D eigenvalue weighted by molar-refractivity contribution is -0.139. The third-order valence-corrected chi connectivity index (χ3v) is 5.46. The summed E-state index contributed by atoms with van der Waals surface area (Å²) >= 11 is 0. The van der Waals surface area contributed by atoms with Gasteiger partial charge in [-0.1, -0.05) is 53.5 Å². The lowest BCUT2D eigenvalue weighted by Crippen LogP contribution is -2.40. The van der Waals surface area contributed by atoms with Crippen molar-refractivity contribution >= 4 is 24.4 Å². The highest BCUT2D eigenvalue weighted by Crippen LogP contribution is 2.36. The zero-order valence-electron chi connectivity index (χ0n) is 23.3. The lowest BCUT2D eigenvalue weighted by Gasteiger charge is -2.28. The van der Waals surface area contributed by atoms with Crippen molar-refractivity contribution in [1.29, 1.82) is 0 Å². The summed E-state index contributed by atoms with van der Waals surface area (Å²) in [6, 6.07) is 2.73. The summed E-state index contributed by atoms with van der Waals surface area (Å²) in [6.45, 7) is 9.50. The van der Waals surface area contributed by atoms with Crippen LogP contribution in [-0.2, 0) is 23.7 Å². The van der Waals surface area contributed by atoms with Crippen LogP contribution in [0, 0.1) is 11.8 Å². The van der Waals surface area contributed by atoms with Crippen molar-refractivity contribution in [2.75, 3.05) is 26.4 Å². The fourth-order valence-electron chi connectivity index (χ4n) is 3.36. The summed E-state index contributed by atoms with van der Waals surface area (Å²) in [5.74, 6) is -3.03. The molecule has 0 aliphatic carbocycles. The van der Waals surface area contributed by atoms with E-state index in [-0.39, 0.29) is 43.8 Å². The van der Waals surface area contributed by atoms with Crippen molar-refractivity contribution in [3.05, 3.63) is 23.8 Å². The summed E-state index contributed by atoms with van der Waals surface area (Å²) in [6.07, 6.45) is -0.0601. The first-order valence-electron chi connectivity index (χ1n) is 13.1. The molecule has 3 N–H and O–H groups in total. The van der Waals surface area contributed by atoms with Gasteiger partial charge in [0.1, 0.15) is 6.04 Å². The van der Waals surface area contributed by atoms with Gasteiger partial charge in [-0.25, -0.2) is 14.4 Å². The average molecular weight is 556 g/mol. The minimum absolute atomic E-state index is 0.111. The summed E-state index contributed by atoms with van der Waals surface area (Å²) in [4.78, 5) is 48.2. The highest BCUT2D eigenvalue weighted by atomic mass is 16.7. The van der Waals surface area contributed by atoms with Crippen LogP contribution in [0.25, 0.3) is 0 Å². The number of ether oxygens (including phenoxy) is 6. The van der Waals surface area contributed by atoms with E-state index in [1.165, 1.54) is 18.2 Å². The number of hydrogen-bond acceptors (Lipinski definition) is 11. The zero-order chi connectivity index (χ0) is 29.4. The molecule has 3 atom stereocenters. The molecule has 0 aliphatic heterocycles. The van der Waals surface area contributed by atoms with Crippen LogP contribution in [0.3, 0.4) is 0 Å². The third kappa shape index (κ3) is 12.7. The van der Waals surface area contributed by atoms with Crippen molar-refractivity contribution in [3.63, 3.8) is 0 Å². The van der Waals surface area contributed by atoms with Crippen LogP contribution in [0.1, 0.15) is 71.8 Å². The molecule has 0 saturated heterocycles. The van der Waals surface area contributed by atoms with Crippen LogP contribution in [0.15, 0.2) is 18.2 Å². The topological polar surface area (TPSA) is 170 Å². The van der Waals surface area contributed by atoms with E-state index in [0.717, 1.165) is 12.8 Å². The van der Waals surface area contributed by atoms with Crippen LogP contribution in [0.4, 0.5) is 14.4 Å². The van der Waals surface area contributed by atoms with Crippen molar-refractivity contribution < 1.29 is 52.7 Å². The highest BCUT2D eigenvalue weighted by molar-refractivity contribution is 5.75. The number of carbonyl (C=O) groups excluding carboxylic acids is 3. The smallest absolute Gasteiger partial charge is 0.480 e. The second kappa shape index (κ2) is 17.9. The van der Waals surface area contributed by atoms with E-state index in [4.69, 9.17) is 34.2 Å². The Kier molecular flexibility index (Phi) is 15.3. The number of aliphatic carboxylic acids is 1. The molecule has 0 heterocycles. The Bertz CT molecular complexity index is 934. The number of unbranched alkanes of at least 4 members (excludes halogenated alkanes) is 2. The van der Waals surface area contributed by atoms with E-state index in [9.17, 15) is 24.3 Å². The Morgan fingerprint density at radius 3 is 1.85 bits per heavy atom. The average Bonchev–Trinajstić information content (AvgIpc) is 2.88.